The maximum absolute atomic E-state index is 11.1. The average Bonchev–Trinajstić information content (AvgIpc) is 2.17. The highest BCUT2D eigenvalue weighted by Gasteiger charge is 2.00. The first-order chi connectivity index (χ1) is 6.72. The van der Waals surface area contributed by atoms with E-state index >= 15 is 0 Å². The zero-order chi connectivity index (χ0) is 10.4. The van der Waals surface area contributed by atoms with Crippen molar-refractivity contribution in [3.8, 4) is 0 Å². The van der Waals surface area contributed by atoms with Gasteiger partial charge in [0.15, 0.2) is 5.78 Å². The second-order valence-electron chi connectivity index (χ2n) is 2.69. The number of methoxy groups -OCH3 is 1. The molecule has 0 atom stereocenters. The van der Waals surface area contributed by atoms with Gasteiger partial charge in [-0.05, 0) is 28.1 Å². The van der Waals surface area contributed by atoms with Gasteiger partial charge in [-0.3, -0.25) is 4.79 Å². The Morgan fingerprint density at radius 3 is 3.00 bits per heavy atom. The number of halogens is 1. The summed E-state index contributed by atoms with van der Waals surface area (Å²) in [5.74, 6) is 0.676. The predicted octanol–water partition coefficient (Wildman–Crippen LogP) is 1.47. The Bertz CT molecular complexity index is 300. The van der Waals surface area contributed by atoms with Gasteiger partial charge in [0, 0.05) is 17.8 Å². The molecule has 5 heteroatoms. The summed E-state index contributed by atoms with van der Waals surface area (Å²) in [6, 6.07) is 3.65. The average molecular weight is 259 g/mol. The molecule has 4 nitrogen and oxygen atoms in total. The fraction of sp³-hybridized carbons (Fsp3) is 0.333. The van der Waals surface area contributed by atoms with Crippen molar-refractivity contribution in [1.82, 2.24) is 4.98 Å². The number of pyridine rings is 1. The Labute approximate surface area is 90.8 Å². The van der Waals surface area contributed by atoms with E-state index in [4.69, 9.17) is 4.74 Å². The lowest BCUT2D eigenvalue weighted by molar-refractivity contribution is -0.120. The normalized spacial score (nSPS) is 9.86. The third-order valence-electron chi connectivity index (χ3n) is 1.50. The Morgan fingerprint density at radius 1 is 1.64 bits per heavy atom. The van der Waals surface area contributed by atoms with Gasteiger partial charge in [0.2, 0.25) is 0 Å². The van der Waals surface area contributed by atoms with Crippen LogP contribution in [-0.4, -0.2) is 31.0 Å². The summed E-state index contributed by atoms with van der Waals surface area (Å²) in [5.41, 5.74) is 0. The molecule has 1 aromatic heterocycles. The molecule has 0 saturated carbocycles. The van der Waals surface area contributed by atoms with Gasteiger partial charge in [-0.25, -0.2) is 4.98 Å². The summed E-state index contributed by atoms with van der Waals surface area (Å²) in [4.78, 5) is 15.1. The number of hydrogen-bond donors (Lipinski definition) is 1. The van der Waals surface area contributed by atoms with E-state index in [-0.39, 0.29) is 18.9 Å². The Kier molecular flexibility index (Phi) is 4.55. The number of carbonyl (C=O) groups is 1. The second-order valence-corrected chi connectivity index (χ2v) is 3.60. The number of carbonyl (C=O) groups excluding carboxylic acids is 1. The quantitative estimate of drug-likeness (QED) is 0.870. The van der Waals surface area contributed by atoms with Crippen LogP contribution in [0, 0.1) is 0 Å². The number of aromatic nitrogens is 1. The van der Waals surface area contributed by atoms with Crippen molar-refractivity contribution in [2.24, 2.45) is 0 Å². The van der Waals surface area contributed by atoms with Crippen molar-refractivity contribution in [2.45, 2.75) is 0 Å². The molecular weight excluding hydrogens is 248 g/mol. The van der Waals surface area contributed by atoms with Crippen molar-refractivity contribution in [2.75, 3.05) is 25.6 Å². The van der Waals surface area contributed by atoms with Crippen LogP contribution in [0.4, 0.5) is 5.82 Å². The molecule has 0 aromatic carbocycles. The topological polar surface area (TPSA) is 51.2 Å². The van der Waals surface area contributed by atoms with E-state index in [0.29, 0.717) is 5.82 Å². The van der Waals surface area contributed by atoms with E-state index in [9.17, 15) is 4.79 Å². The molecule has 1 N–H and O–H groups in total. The van der Waals surface area contributed by atoms with E-state index in [1.807, 2.05) is 6.07 Å². The standard InChI is InChI=1S/C9H11BrN2O2/c1-14-6-8(13)5-12-9-3-2-7(10)4-11-9/h2-4H,5-6H2,1H3,(H,11,12). The Balaban J connectivity index is 2.38. The van der Waals surface area contributed by atoms with Crippen molar-refractivity contribution in [3.05, 3.63) is 22.8 Å². The molecule has 0 spiro atoms. The van der Waals surface area contributed by atoms with Crippen LogP contribution in [0.1, 0.15) is 0 Å². The van der Waals surface area contributed by atoms with Gasteiger partial charge < -0.3 is 10.1 Å². The predicted molar refractivity (Wildman–Crippen MR) is 57.3 cm³/mol. The Hall–Kier alpha value is -0.940. The number of anilines is 1. The van der Waals surface area contributed by atoms with Crippen LogP contribution in [0.2, 0.25) is 0 Å². The monoisotopic (exact) mass is 258 g/mol. The minimum absolute atomic E-state index is 0.00258. The molecule has 0 saturated heterocycles. The van der Waals surface area contributed by atoms with Crippen molar-refractivity contribution >= 4 is 27.5 Å². The first kappa shape index (κ1) is 11.1. The van der Waals surface area contributed by atoms with Crippen molar-refractivity contribution in [1.29, 1.82) is 0 Å². The van der Waals surface area contributed by atoms with Crippen LogP contribution in [0.5, 0.6) is 0 Å². The highest BCUT2D eigenvalue weighted by molar-refractivity contribution is 9.10. The third kappa shape index (κ3) is 3.85. The van der Waals surface area contributed by atoms with Gasteiger partial charge in [0.1, 0.15) is 12.4 Å². The molecule has 0 amide bonds. The molecule has 14 heavy (non-hydrogen) atoms. The van der Waals surface area contributed by atoms with E-state index < -0.39 is 0 Å². The first-order valence-electron chi connectivity index (χ1n) is 4.08. The highest BCUT2D eigenvalue weighted by Crippen LogP contribution is 2.09. The zero-order valence-electron chi connectivity index (χ0n) is 7.79. The van der Waals surface area contributed by atoms with Crippen LogP contribution < -0.4 is 5.32 Å². The summed E-state index contributed by atoms with van der Waals surface area (Å²) < 4.78 is 5.60. The van der Waals surface area contributed by atoms with Crippen molar-refractivity contribution in [3.63, 3.8) is 0 Å². The molecule has 0 aliphatic heterocycles. The maximum Gasteiger partial charge on any atom is 0.177 e. The molecule has 0 bridgehead atoms. The number of Topliss-reactive ketones (excluding diaryl/α,β-unsaturated/α-hetero) is 1. The number of hydrogen-bond acceptors (Lipinski definition) is 4. The molecule has 0 aliphatic rings. The fourth-order valence-corrected chi connectivity index (χ4v) is 1.12. The van der Waals surface area contributed by atoms with Crippen LogP contribution in [0.3, 0.4) is 0 Å². The second kappa shape index (κ2) is 5.72. The largest absolute Gasteiger partial charge is 0.377 e. The van der Waals surface area contributed by atoms with E-state index in [0.717, 1.165) is 4.47 Å². The van der Waals surface area contributed by atoms with E-state index in [2.05, 4.69) is 26.2 Å². The lowest BCUT2D eigenvalue weighted by Gasteiger charge is -2.03. The van der Waals surface area contributed by atoms with Gasteiger partial charge in [0.05, 0.1) is 6.54 Å². The SMILES string of the molecule is COCC(=O)CNc1ccc(Br)cn1. The molecule has 0 fully saturated rings. The van der Waals surface area contributed by atoms with E-state index in [1.54, 1.807) is 12.3 Å². The smallest absolute Gasteiger partial charge is 0.177 e. The molecule has 1 aromatic rings. The summed E-state index contributed by atoms with van der Waals surface area (Å²) in [5, 5.41) is 2.89. The number of rotatable bonds is 5. The molecular formula is C9H11BrN2O2. The summed E-state index contributed by atoms with van der Waals surface area (Å²) in [6.07, 6.45) is 1.67. The molecule has 0 aliphatic carbocycles. The lowest BCUT2D eigenvalue weighted by atomic mass is 10.4. The van der Waals surface area contributed by atoms with Crippen molar-refractivity contribution < 1.29 is 9.53 Å². The van der Waals surface area contributed by atoms with E-state index in [1.165, 1.54) is 7.11 Å². The summed E-state index contributed by atoms with van der Waals surface area (Å²) in [7, 11) is 1.50. The Morgan fingerprint density at radius 2 is 2.43 bits per heavy atom. The molecule has 1 heterocycles. The fourth-order valence-electron chi connectivity index (χ4n) is 0.882. The number of ketones is 1. The van der Waals surface area contributed by atoms with Gasteiger partial charge >= 0.3 is 0 Å². The number of nitrogens with zero attached hydrogens (tertiary/aromatic N) is 1. The molecule has 76 valence electrons. The van der Waals surface area contributed by atoms with Gasteiger partial charge in [0.25, 0.3) is 0 Å². The summed E-state index contributed by atoms with van der Waals surface area (Å²) in [6.45, 7) is 0.367. The number of nitrogens with one attached hydrogen (secondary N) is 1. The highest BCUT2D eigenvalue weighted by atomic mass is 79.9. The maximum atomic E-state index is 11.1. The number of ether oxygens (including phenoxy) is 1. The van der Waals surface area contributed by atoms with Crippen LogP contribution >= 0.6 is 15.9 Å². The van der Waals surface area contributed by atoms with Gasteiger partial charge in [-0.15, -0.1) is 0 Å². The third-order valence-corrected chi connectivity index (χ3v) is 1.97. The van der Waals surface area contributed by atoms with Gasteiger partial charge in [-0.1, -0.05) is 0 Å². The molecule has 1 rings (SSSR count). The minimum Gasteiger partial charge on any atom is -0.377 e. The minimum atomic E-state index is -0.00258. The van der Waals surface area contributed by atoms with Crippen LogP contribution in [-0.2, 0) is 9.53 Å². The molecule has 0 unspecified atom stereocenters. The van der Waals surface area contributed by atoms with Gasteiger partial charge in [-0.2, -0.15) is 0 Å². The zero-order valence-corrected chi connectivity index (χ0v) is 9.37. The van der Waals surface area contributed by atoms with Crippen LogP contribution in [0.25, 0.3) is 0 Å². The molecule has 0 radical (unpaired) electrons. The first-order valence-corrected chi connectivity index (χ1v) is 4.87. The summed E-state index contributed by atoms with van der Waals surface area (Å²) >= 11 is 3.27. The lowest BCUT2D eigenvalue weighted by Crippen LogP contribution is -2.18. The van der Waals surface area contributed by atoms with Crippen LogP contribution in [0.15, 0.2) is 22.8 Å².